The molecule has 0 atom stereocenters. The summed E-state index contributed by atoms with van der Waals surface area (Å²) >= 11 is 0. The van der Waals surface area contributed by atoms with Crippen molar-refractivity contribution < 1.29 is 0 Å². The SMILES string of the molecule is CC(C)Cn1ncc(C(C)C)n1. The molecule has 1 heterocycles. The maximum absolute atomic E-state index is 4.36. The largest absolute Gasteiger partial charge is 0.184 e. The Balaban J connectivity index is 2.64. The van der Waals surface area contributed by atoms with Gasteiger partial charge in [0.1, 0.15) is 0 Å². The van der Waals surface area contributed by atoms with E-state index in [1.807, 2.05) is 6.20 Å². The molecule has 0 aromatic carbocycles. The van der Waals surface area contributed by atoms with Gasteiger partial charge in [-0.05, 0) is 11.8 Å². The van der Waals surface area contributed by atoms with Gasteiger partial charge in [-0.3, -0.25) is 0 Å². The molecule has 0 fully saturated rings. The van der Waals surface area contributed by atoms with Crippen LogP contribution in [-0.2, 0) is 6.54 Å². The van der Waals surface area contributed by atoms with E-state index in [2.05, 4.69) is 37.9 Å². The molecule has 0 unspecified atom stereocenters. The predicted octanol–water partition coefficient (Wildman–Crippen LogP) is 2.06. The Bertz CT molecular complexity index is 238. The van der Waals surface area contributed by atoms with Gasteiger partial charge >= 0.3 is 0 Å². The fourth-order valence-corrected chi connectivity index (χ4v) is 0.990. The van der Waals surface area contributed by atoms with Crippen molar-refractivity contribution >= 4 is 0 Å². The van der Waals surface area contributed by atoms with Crippen molar-refractivity contribution in [3.8, 4) is 0 Å². The minimum atomic E-state index is 0.478. The van der Waals surface area contributed by atoms with Crippen LogP contribution < -0.4 is 0 Å². The van der Waals surface area contributed by atoms with Gasteiger partial charge in [0.05, 0.1) is 18.4 Å². The lowest BCUT2D eigenvalue weighted by Crippen LogP contribution is -2.08. The van der Waals surface area contributed by atoms with Gasteiger partial charge in [-0.15, -0.1) is 0 Å². The summed E-state index contributed by atoms with van der Waals surface area (Å²) in [6.07, 6.45) is 1.85. The van der Waals surface area contributed by atoms with Crippen LogP contribution in [0.25, 0.3) is 0 Å². The van der Waals surface area contributed by atoms with E-state index in [0.717, 1.165) is 12.2 Å². The van der Waals surface area contributed by atoms with E-state index in [4.69, 9.17) is 0 Å². The quantitative estimate of drug-likeness (QED) is 0.690. The van der Waals surface area contributed by atoms with Gasteiger partial charge in [-0.25, -0.2) is 0 Å². The first kappa shape index (κ1) is 9.23. The topological polar surface area (TPSA) is 30.7 Å². The third kappa shape index (κ3) is 2.32. The van der Waals surface area contributed by atoms with Gasteiger partial charge in [0, 0.05) is 0 Å². The van der Waals surface area contributed by atoms with Crippen LogP contribution in [0.1, 0.15) is 39.3 Å². The van der Waals surface area contributed by atoms with Gasteiger partial charge in [0.2, 0.25) is 0 Å². The third-order valence-corrected chi connectivity index (χ3v) is 1.67. The summed E-state index contributed by atoms with van der Waals surface area (Å²) in [5.74, 6) is 1.09. The van der Waals surface area contributed by atoms with Crippen LogP contribution in [0, 0.1) is 5.92 Å². The number of hydrogen-bond acceptors (Lipinski definition) is 2. The van der Waals surface area contributed by atoms with Crippen LogP contribution in [0.2, 0.25) is 0 Å². The fraction of sp³-hybridized carbons (Fsp3) is 0.778. The van der Waals surface area contributed by atoms with Crippen LogP contribution in [0.5, 0.6) is 0 Å². The van der Waals surface area contributed by atoms with Gasteiger partial charge in [0.25, 0.3) is 0 Å². The molecule has 12 heavy (non-hydrogen) atoms. The molecular weight excluding hydrogens is 150 g/mol. The zero-order valence-corrected chi connectivity index (χ0v) is 8.28. The van der Waals surface area contributed by atoms with Crippen LogP contribution in [0.15, 0.2) is 6.20 Å². The zero-order valence-electron chi connectivity index (χ0n) is 8.28. The maximum atomic E-state index is 4.36. The molecule has 68 valence electrons. The second-order valence-electron chi connectivity index (χ2n) is 3.87. The summed E-state index contributed by atoms with van der Waals surface area (Å²) in [4.78, 5) is 1.78. The van der Waals surface area contributed by atoms with Crippen molar-refractivity contribution in [3.63, 3.8) is 0 Å². The van der Waals surface area contributed by atoms with Gasteiger partial charge < -0.3 is 0 Å². The van der Waals surface area contributed by atoms with Crippen LogP contribution in [-0.4, -0.2) is 15.0 Å². The molecule has 0 amide bonds. The molecule has 0 radical (unpaired) electrons. The molecule has 0 aliphatic carbocycles. The van der Waals surface area contributed by atoms with E-state index in [0.29, 0.717) is 11.8 Å². The summed E-state index contributed by atoms with van der Waals surface area (Å²) < 4.78 is 0. The van der Waals surface area contributed by atoms with Crippen molar-refractivity contribution in [2.45, 2.75) is 40.2 Å². The lowest BCUT2D eigenvalue weighted by molar-refractivity contribution is 0.434. The molecule has 0 bridgehead atoms. The van der Waals surface area contributed by atoms with E-state index >= 15 is 0 Å². The minimum Gasteiger partial charge on any atom is -0.184 e. The van der Waals surface area contributed by atoms with Crippen LogP contribution in [0.3, 0.4) is 0 Å². The van der Waals surface area contributed by atoms with E-state index < -0.39 is 0 Å². The molecule has 0 aliphatic rings. The third-order valence-electron chi connectivity index (χ3n) is 1.67. The van der Waals surface area contributed by atoms with Gasteiger partial charge in [-0.1, -0.05) is 27.7 Å². The highest BCUT2D eigenvalue weighted by Gasteiger charge is 2.05. The zero-order chi connectivity index (χ0) is 9.14. The van der Waals surface area contributed by atoms with Crippen molar-refractivity contribution in [1.82, 2.24) is 15.0 Å². The average molecular weight is 167 g/mol. The molecule has 1 aromatic heterocycles. The summed E-state index contributed by atoms with van der Waals surface area (Å²) in [6, 6.07) is 0. The van der Waals surface area contributed by atoms with Gasteiger partial charge in [-0.2, -0.15) is 15.0 Å². The highest BCUT2D eigenvalue weighted by atomic mass is 15.5. The average Bonchev–Trinajstić information content (AvgIpc) is 2.34. The maximum Gasteiger partial charge on any atom is 0.0852 e. The molecule has 3 nitrogen and oxygen atoms in total. The Kier molecular flexibility index (Phi) is 2.84. The van der Waals surface area contributed by atoms with E-state index in [9.17, 15) is 0 Å². The minimum absolute atomic E-state index is 0.478. The summed E-state index contributed by atoms with van der Waals surface area (Å²) in [5.41, 5.74) is 1.08. The first-order valence-electron chi connectivity index (χ1n) is 4.49. The van der Waals surface area contributed by atoms with Crippen LogP contribution >= 0.6 is 0 Å². The Morgan fingerprint density at radius 3 is 2.42 bits per heavy atom. The monoisotopic (exact) mass is 167 g/mol. The van der Waals surface area contributed by atoms with E-state index in [1.54, 1.807) is 4.80 Å². The Labute approximate surface area is 73.8 Å². The summed E-state index contributed by atoms with van der Waals surface area (Å²) in [7, 11) is 0. The molecule has 0 N–H and O–H groups in total. The molecule has 0 saturated heterocycles. The number of hydrogen-bond donors (Lipinski definition) is 0. The molecular formula is C9H17N3. The lowest BCUT2D eigenvalue weighted by atomic mass is 10.2. The van der Waals surface area contributed by atoms with Gasteiger partial charge in [0.15, 0.2) is 0 Å². The Morgan fingerprint density at radius 2 is 2.00 bits per heavy atom. The molecule has 1 aromatic rings. The lowest BCUT2D eigenvalue weighted by Gasteiger charge is -2.02. The van der Waals surface area contributed by atoms with Crippen molar-refractivity contribution in [2.24, 2.45) is 5.92 Å². The number of aromatic nitrogens is 3. The fourth-order valence-electron chi connectivity index (χ4n) is 0.990. The van der Waals surface area contributed by atoms with Crippen molar-refractivity contribution in [2.75, 3.05) is 0 Å². The Hall–Kier alpha value is -0.860. The van der Waals surface area contributed by atoms with E-state index in [1.165, 1.54) is 0 Å². The van der Waals surface area contributed by atoms with Crippen molar-refractivity contribution in [3.05, 3.63) is 11.9 Å². The second-order valence-corrected chi connectivity index (χ2v) is 3.87. The number of rotatable bonds is 3. The first-order valence-corrected chi connectivity index (χ1v) is 4.49. The predicted molar refractivity (Wildman–Crippen MR) is 48.9 cm³/mol. The standard InChI is InChI=1S/C9H17N3/c1-7(2)6-12-10-5-9(11-12)8(3)4/h5,7-8H,6H2,1-4H3. The summed E-state index contributed by atoms with van der Waals surface area (Å²) in [5, 5.41) is 8.54. The number of nitrogens with zero attached hydrogens (tertiary/aromatic N) is 3. The molecule has 3 heteroatoms. The van der Waals surface area contributed by atoms with Crippen molar-refractivity contribution in [1.29, 1.82) is 0 Å². The molecule has 0 saturated carbocycles. The van der Waals surface area contributed by atoms with Crippen LogP contribution in [0.4, 0.5) is 0 Å². The smallest absolute Gasteiger partial charge is 0.0852 e. The highest BCUT2D eigenvalue weighted by Crippen LogP contribution is 2.09. The first-order chi connectivity index (χ1) is 5.59. The molecule has 1 rings (SSSR count). The van der Waals surface area contributed by atoms with E-state index in [-0.39, 0.29) is 0 Å². The molecule has 0 aliphatic heterocycles. The summed E-state index contributed by atoms with van der Waals surface area (Å²) in [6.45, 7) is 9.50. The molecule has 0 spiro atoms. The Morgan fingerprint density at radius 1 is 1.33 bits per heavy atom. The highest BCUT2D eigenvalue weighted by molar-refractivity contribution is 4.97. The second kappa shape index (κ2) is 3.70. The normalized spacial score (nSPS) is 11.5.